The number of ether oxygens (including phenoxy) is 1. The lowest BCUT2D eigenvalue weighted by atomic mass is 10.1. The number of unbranched alkanes of at least 4 members (excludes halogenated alkanes) is 1. The SMILES string of the molecule is COC(=O)[C@@H](N)CCCCN.ClCCCl. The number of carbonyl (C=O) groups excluding carboxylic acids is 1. The molecule has 4 N–H and O–H groups in total. The van der Waals surface area contributed by atoms with Gasteiger partial charge < -0.3 is 16.2 Å². The predicted octanol–water partition coefficient (Wildman–Crippen LogP) is 1.08. The summed E-state index contributed by atoms with van der Waals surface area (Å²) in [6.45, 7) is 0.647. The molecule has 0 spiro atoms. The highest BCUT2D eigenvalue weighted by Gasteiger charge is 2.11. The lowest BCUT2D eigenvalue weighted by Gasteiger charge is -2.07. The number of alkyl halides is 2. The molecule has 0 aromatic heterocycles. The third-order valence-electron chi connectivity index (χ3n) is 1.54. The molecule has 0 rings (SSSR count). The van der Waals surface area contributed by atoms with Gasteiger partial charge in [0.25, 0.3) is 0 Å². The lowest BCUT2D eigenvalue weighted by Crippen LogP contribution is -2.31. The monoisotopic (exact) mass is 258 g/mol. The Morgan fingerprint density at radius 3 is 2.20 bits per heavy atom. The van der Waals surface area contributed by atoms with Crippen molar-refractivity contribution in [3.63, 3.8) is 0 Å². The van der Waals surface area contributed by atoms with E-state index in [0.717, 1.165) is 12.8 Å². The third-order valence-corrected chi connectivity index (χ3v) is 2.12. The van der Waals surface area contributed by atoms with E-state index < -0.39 is 6.04 Å². The Hall–Kier alpha value is -0.0300. The fourth-order valence-electron chi connectivity index (χ4n) is 0.778. The quantitative estimate of drug-likeness (QED) is 0.425. The Morgan fingerprint density at radius 1 is 1.33 bits per heavy atom. The van der Waals surface area contributed by atoms with Gasteiger partial charge in [0.2, 0.25) is 0 Å². The number of hydrogen-bond acceptors (Lipinski definition) is 4. The molecule has 0 aromatic carbocycles. The first-order valence-corrected chi connectivity index (χ1v) is 5.86. The molecule has 0 fully saturated rings. The summed E-state index contributed by atoms with van der Waals surface area (Å²) >= 11 is 10.1. The number of methoxy groups -OCH3 is 1. The van der Waals surface area contributed by atoms with Crippen LogP contribution in [-0.2, 0) is 9.53 Å². The van der Waals surface area contributed by atoms with Gasteiger partial charge in [-0.1, -0.05) is 6.42 Å². The smallest absolute Gasteiger partial charge is 0.322 e. The molecule has 0 heterocycles. The first-order chi connectivity index (χ1) is 7.13. The van der Waals surface area contributed by atoms with Crippen molar-refractivity contribution in [2.45, 2.75) is 25.3 Å². The van der Waals surface area contributed by atoms with Crippen molar-refractivity contribution in [1.82, 2.24) is 0 Å². The van der Waals surface area contributed by atoms with E-state index in [1.54, 1.807) is 0 Å². The van der Waals surface area contributed by atoms with Crippen LogP contribution in [0.2, 0.25) is 0 Å². The van der Waals surface area contributed by atoms with Crippen LogP contribution in [-0.4, -0.2) is 37.4 Å². The zero-order valence-electron chi connectivity index (χ0n) is 9.05. The zero-order valence-corrected chi connectivity index (χ0v) is 10.6. The highest BCUT2D eigenvalue weighted by Crippen LogP contribution is 1.98. The second-order valence-electron chi connectivity index (χ2n) is 2.79. The topological polar surface area (TPSA) is 78.3 Å². The van der Waals surface area contributed by atoms with Crippen molar-refractivity contribution in [1.29, 1.82) is 0 Å². The number of esters is 1. The highest BCUT2D eigenvalue weighted by atomic mass is 35.5. The van der Waals surface area contributed by atoms with Crippen LogP contribution in [0.4, 0.5) is 0 Å². The lowest BCUT2D eigenvalue weighted by molar-refractivity contribution is -0.142. The van der Waals surface area contributed by atoms with Crippen molar-refractivity contribution >= 4 is 29.2 Å². The molecule has 1 atom stereocenters. The molecule has 0 bridgehead atoms. The van der Waals surface area contributed by atoms with Gasteiger partial charge in [-0.2, -0.15) is 0 Å². The first kappa shape index (κ1) is 17.4. The van der Waals surface area contributed by atoms with E-state index in [-0.39, 0.29) is 5.97 Å². The summed E-state index contributed by atoms with van der Waals surface area (Å²) in [5.74, 6) is 0.769. The van der Waals surface area contributed by atoms with Gasteiger partial charge in [-0.3, -0.25) is 4.79 Å². The molecule has 0 saturated heterocycles. The van der Waals surface area contributed by atoms with Crippen molar-refractivity contribution in [2.24, 2.45) is 11.5 Å². The molecule has 0 unspecified atom stereocenters. The molecule has 0 saturated carbocycles. The molecule has 15 heavy (non-hydrogen) atoms. The van der Waals surface area contributed by atoms with Crippen LogP contribution in [0.1, 0.15) is 19.3 Å². The van der Waals surface area contributed by atoms with Crippen molar-refractivity contribution < 1.29 is 9.53 Å². The number of carbonyl (C=O) groups is 1. The molecular weight excluding hydrogens is 239 g/mol. The molecule has 0 aromatic rings. The van der Waals surface area contributed by atoms with E-state index in [1.165, 1.54) is 7.11 Å². The molecule has 0 aliphatic heterocycles. The molecule has 0 radical (unpaired) electrons. The summed E-state index contributed by atoms with van der Waals surface area (Å²) < 4.78 is 4.45. The number of rotatable bonds is 6. The number of hydrogen-bond donors (Lipinski definition) is 2. The van der Waals surface area contributed by atoms with Gasteiger partial charge in [0.15, 0.2) is 0 Å². The largest absolute Gasteiger partial charge is 0.468 e. The number of nitrogens with two attached hydrogens (primary N) is 2. The minimum absolute atomic E-state index is 0.345. The van der Waals surface area contributed by atoms with E-state index >= 15 is 0 Å². The summed E-state index contributed by atoms with van der Waals surface area (Å²) in [7, 11) is 1.34. The van der Waals surface area contributed by atoms with E-state index in [0.29, 0.717) is 24.7 Å². The predicted molar refractivity (Wildman–Crippen MR) is 64.3 cm³/mol. The second kappa shape index (κ2) is 14.0. The second-order valence-corrected chi connectivity index (χ2v) is 3.55. The summed E-state index contributed by atoms with van der Waals surface area (Å²) in [6.07, 6.45) is 2.45. The average Bonchev–Trinajstić information content (AvgIpc) is 2.28. The van der Waals surface area contributed by atoms with Crippen LogP contribution in [0, 0.1) is 0 Å². The molecule has 92 valence electrons. The third kappa shape index (κ3) is 14.0. The molecule has 4 nitrogen and oxygen atoms in total. The fourth-order valence-corrected chi connectivity index (χ4v) is 0.778. The van der Waals surface area contributed by atoms with Crippen molar-refractivity contribution in [2.75, 3.05) is 25.4 Å². The van der Waals surface area contributed by atoms with Gasteiger partial charge in [0.05, 0.1) is 7.11 Å². The highest BCUT2D eigenvalue weighted by molar-refractivity contribution is 6.25. The Balaban J connectivity index is 0. The van der Waals surface area contributed by atoms with Crippen LogP contribution in [0.25, 0.3) is 0 Å². The van der Waals surface area contributed by atoms with E-state index in [1.807, 2.05) is 0 Å². The van der Waals surface area contributed by atoms with Gasteiger partial charge in [-0.25, -0.2) is 0 Å². The Kier molecular flexibility index (Phi) is 16.2. The minimum Gasteiger partial charge on any atom is -0.468 e. The maximum absolute atomic E-state index is 10.7. The van der Waals surface area contributed by atoms with Gasteiger partial charge in [0.1, 0.15) is 6.04 Å². The van der Waals surface area contributed by atoms with Gasteiger partial charge in [0, 0.05) is 11.8 Å². The van der Waals surface area contributed by atoms with Gasteiger partial charge >= 0.3 is 5.97 Å². The Labute approximate surface area is 101 Å². The fraction of sp³-hybridized carbons (Fsp3) is 0.889. The molecular formula is C9H20Cl2N2O2. The summed E-state index contributed by atoms with van der Waals surface area (Å²) in [5, 5.41) is 0. The van der Waals surface area contributed by atoms with Crippen molar-refractivity contribution in [3.8, 4) is 0 Å². The first-order valence-electron chi connectivity index (χ1n) is 4.79. The Morgan fingerprint density at radius 2 is 1.87 bits per heavy atom. The van der Waals surface area contributed by atoms with E-state index in [2.05, 4.69) is 4.74 Å². The molecule has 0 aliphatic carbocycles. The normalized spacial score (nSPS) is 11.3. The number of halogens is 2. The van der Waals surface area contributed by atoms with Gasteiger partial charge in [-0.15, -0.1) is 23.2 Å². The van der Waals surface area contributed by atoms with Crippen LogP contribution < -0.4 is 11.5 Å². The summed E-state index contributed by atoms with van der Waals surface area (Å²) in [6, 6.07) is -0.480. The van der Waals surface area contributed by atoms with E-state index in [9.17, 15) is 4.79 Å². The van der Waals surface area contributed by atoms with E-state index in [4.69, 9.17) is 34.7 Å². The summed E-state index contributed by atoms with van der Waals surface area (Å²) in [4.78, 5) is 10.7. The van der Waals surface area contributed by atoms with Crippen molar-refractivity contribution in [3.05, 3.63) is 0 Å². The molecule has 0 aliphatic rings. The Bertz CT molecular complexity index is 146. The standard InChI is InChI=1S/C7H16N2O2.C2H4Cl2/c1-11-7(10)6(9)4-2-3-5-8;3-1-2-4/h6H,2-5,8-9H2,1H3;1-2H2/t6-;/m0./s1. The molecule has 6 heteroatoms. The minimum atomic E-state index is -0.480. The average molecular weight is 259 g/mol. The van der Waals surface area contributed by atoms with Crippen LogP contribution in [0.5, 0.6) is 0 Å². The van der Waals surface area contributed by atoms with Crippen LogP contribution >= 0.6 is 23.2 Å². The van der Waals surface area contributed by atoms with Gasteiger partial charge in [-0.05, 0) is 19.4 Å². The zero-order chi connectivity index (χ0) is 12.1. The molecule has 0 amide bonds. The van der Waals surface area contributed by atoms with Crippen LogP contribution in [0.3, 0.4) is 0 Å². The maximum atomic E-state index is 10.7. The maximum Gasteiger partial charge on any atom is 0.322 e. The van der Waals surface area contributed by atoms with Crippen LogP contribution in [0.15, 0.2) is 0 Å². The summed E-state index contributed by atoms with van der Waals surface area (Å²) in [5.41, 5.74) is 10.7.